The second-order valence-corrected chi connectivity index (χ2v) is 3.75. The highest BCUT2D eigenvalue weighted by molar-refractivity contribution is 5.78. The molecule has 1 unspecified atom stereocenters. The normalized spacial score (nSPS) is 12.9. The number of amides is 1. The highest BCUT2D eigenvalue weighted by Gasteiger charge is 2.19. The van der Waals surface area contributed by atoms with Crippen LogP contribution in [0.2, 0.25) is 0 Å². The number of carbonyl (C=O) groups is 1. The van der Waals surface area contributed by atoms with Gasteiger partial charge in [0, 0.05) is 13.1 Å². The maximum atomic E-state index is 11.6. The van der Waals surface area contributed by atoms with Gasteiger partial charge in [0.25, 0.3) is 0 Å². The second kappa shape index (κ2) is 7.80. The summed E-state index contributed by atoms with van der Waals surface area (Å²) in [4.78, 5) is 11.6. The molecule has 0 aliphatic heterocycles. The fourth-order valence-corrected chi connectivity index (χ4v) is 1.65. The van der Waals surface area contributed by atoms with Crippen LogP contribution in [0, 0.1) is 11.8 Å². The molecule has 0 fully saturated rings. The Hall–Kier alpha value is -0.570. The Labute approximate surface area is 87.4 Å². The molecule has 0 aromatic rings. The zero-order valence-corrected chi connectivity index (χ0v) is 9.68. The van der Waals surface area contributed by atoms with Crippen molar-refractivity contribution in [3.8, 4) is 0 Å². The first kappa shape index (κ1) is 13.4. The van der Waals surface area contributed by atoms with Crippen molar-refractivity contribution in [2.75, 3.05) is 13.1 Å². The van der Waals surface area contributed by atoms with E-state index in [0.29, 0.717) is 19.0 Å². The number of carbonyl (C=O) groups excluding carboxylic acids is 1. The monoisotopic (exact) mass is 200 g/mol. The van der Waals surface area contributed by atoms with E-state index < -0.39 is 0 Å². The maximum Gasteiger partial charge on any atom is 0.224 e. The Morgan fingerprint density at radius 2 is 1.86 bits per heavy atom. The van der Waals surface area contributed by atoms with Gasteiger partial charge in [0.05, 0.1) is 5.92 Å². The van der Waals surface area contributed by atoms with Crippen LogP contribution in [0.3, 0.4) is 0 Å². The van der Waals surface area contributed by atoms with Crippen LogP contribution < -0.4 is 11.1 Å². The lowest BCUT2D eigenvalue weighted by atomic mass is 9.90. The van der Waals surface area contributed by atoms with Crippen molar-refractivity contribution in [1.82, 2.24) is 5.32 Å². The van der Waals surface area contributed by atoms with Gasteiger partial charge in [-0.25, -0.2) is 0 Å². The minimum absolute atomic E-state index is 0.000139. The Bertz CT molecular complexity index is 155. The molecule has 0 bridgehead atoms. The van der Waals surface area contributed by atoms with Crippen LogP contribution >= 0.6 is 0 Å². The molecule has 14 heavy (non-hydrogen) atoms. The maximum absolute atomic E-state index is 11.6. The van der Waals surface area contributed by atoms with E-state index in [9.17, 15) is 4.79 Å². The predicted molar refractivity (Wildman–Crippen MR) is 59.9 cm³/mol. The van der Waals surface area contributed by atoms with Crippen molar-refractivity contribution in [2.24, 2.45) is 17.6 Å². The Kier molecular flexibility index (Phi) is 7.48. The predicted octanol–water partition coefficient (Wildman–Crippen LogP) is 1.52. The minimum atomic E-state index is -0.000139. The van der Waals surface area contributed by atoms with Crippen molar-refractivity contribution in [2.45, 2.75) is 40.0 Å². The SMILES string of the molecule is CCNC(=O)C(CN)CC(CC)CC. The molecule has 0 aromatic carbocycles. The quantitative estimate of drug-likeness (QED) is 0.654. The van der Waals surface area contributed by atoms with E-state index in [-0.39, 0.29) is 11.8 Å². The molecular weight excluding hydrogens is 176 g/mol. The Balaban J connectivity index is 4.05. The van der Waals surface area contributed by atoms with Gasteiger partial charge in [0.1, 0.15) is 0 Å². The van der Waals surface area contributed by atoms with Crippen LogP contribution in [-0.4, -0.2) is 19.0 Å². The molecule has 3 N–H and O–H groups in total. The van der Waals surface area contributed by atoms with Crippen molar-refractivity contribution < 1.29 is 4.79 Å². The average molecular weight is 200 g/mol. The molecule has 0 saturated heterocycles. The third-order valence-corrected chi connectivity index (χ3v) is 2.78. The van der Waals surface area contributed by atoms with E-state index in [1.165, 1.54) is 0 Å². The lowest BCUT2D eigenvalue weighted by molar-refractivity contribution is -0.125. The third kappa shape index (κ3) is 4.61. The second-order valence-electron chi connectivity index (χ2n) is 3.75. The molecule has 1 atom stereocenters. The molecule has 3 heteroatoms. The average Bonchev–Trinajstić information content (AvgIpc) is 2.20. The van der Waals surface area contributed by atoms with Gasteiger partial charge >= 0.3 is 0 Å². The van der Waals surface area contributed by atoms with E-state index >= 15 is 0 Å². The molecule has 84 valence electrons. The molecule has 0 aromatic heterocycles. The molecule has 3 nitrogen and oxygen atoms in total. The topological polar surface area (TPSA) is 55.1 Å². The number of hydrogen-bond donors (Lipinski definition) is 2. The largest absolute Gasteiger partial charge is 0.356 e. The van der Waals surface area contributed by atoms with Gasteiger partial charge in [-0.15, -0.1) is 0 Å². The summed E-state index contributed by atoms with van der Waals surface area (Å²) >= 11 is 0. The van der Waals surface area contributed by atoms with Gasteiger partial charge in [-0.1, -0.05) is 26.7 Å². The standard InChI is InChI=1S/C11H24N2O/c1-4-9(5-2)7-10(8-12)11(14)13-6-3/h9-10H,4-8,12H2,1-3H3,(H,13,14). The van der Waals surface area contributed by atoms with Gasteiger partial charge in [0.15, 0.2) is 0 Å². The number of nitrogens with one attached hydrogen (secondary N) is 1. The fourth-order valence-electron chi connectivity index (χ4n) is 1.65. The van der Waals surface area contributed by atoms with Crippen LogP contribution in [0.15, 0.2) is 0 Å². The summed E-state index contributed by atoms with van der Waals surface area (Å²) in [6.45, 7) is 7.42. The molecule has 0 aliphatic rings. The highest BCUT2D eigenvalue weighted by atomic mass is 16.1. The smallest absolute Gasteiger partial charge is 0.224 e. The lowest BCUT2D eigenvalue weighted by Gasteiger charge is -2.19. The molecule has 0 aliphatic carbocycles. The van der Waals surface area contributed by atoms with Crippen molar-refractivity contribution >= 4 is 5.91 Å². The van der Waals surface area contributed by atoms with E-state index in [1.807, 2.05) is 6.92 Å². The molecule has 1 amide bonds. The summed E-state index contributed by atoms with van der Waals surface area (Å²) in [6, 6.07) is 0. The van der Waals surface area contributed by atoms with E-state index in [1.54, 1.807) is 0 Å². The third-order valence-electron chi connectivity index (χ3n) is 2.78. The van der Waals surface area contributed by atoms with E-state index in [0.717, 1.165) is 19.3 Å². The van der Waals surface area contributed by atoms with Crippen LogP contribution in [0.1, 0.15) is 40.0 Å². The highest BCUT2D eigenvalue weighted by Crippen LogP contribution is 2.18. The summed E-state index contributed by atoms with van der Waals surface area (Å²) in [7, 11) is 0. The lowest BCUT2D eigenvalue weighted by Crippen LogP contribution is -2.36. The van der Waals surface area contributed by atoms with Gasteiger partial charge in [-0.05, 0) is 19.3 Å². The first-order valence-electron chi connectivity index (χ1n) is 5.67. The first-order chi connectivity index (χ1) is 6.69. The summed E-state index contributed by atoms with van der Waals surface area (Å²) in [5.41, 5.74) is 5.60. The number of nitrogens with two attached hydrogens (primary N) is 1. The molecule has 0 radical (unpaired) electrons. The zero-order valence-electron chi connectivity index (χ0n) is 9.68. The molecule has 0 saturated carbocycles. The summed E-state index contributed by atoms with van der Waals surface area (Å²) < 4.78 is 0. The summed E-state index contributed by atoms with van der Waals surface area (Å²) in [5, 5.41) is 2.83. The van der Waals surface area contributed by atoms with Crippen molar-refractivity contribution in [3.63, 3.8) is 0 Å². The van der Waals surface area contributed by atoms with Crippen LogP contribution in [0.5, 0.6) is 0 Å². The van der Waals surface area contributed by atoms with Crippen molar-refractivity contribution in [1.29, 1.82) is 0 Å². The van der Waals surface area contributed by atoms with E-state index in [4.69, 9.17) is 5.73 Å². The minimum Gasteiger partial charge on any atom is -0.356 e. The molecule has 0 rings (SSSR count). The number of rotatable bonds is 7. The van der Waals surface area contributed by atoms with Gasteiger partial charge < -0.3 is 11.1 Å². The van der Waals surface area contributed by atoms with Gasteiger partial charge in [0.2, 0.25) is 5.91 Å². The van der Waals surface area contributed by atoms with Crippen LogP contribution in [0.4, 0.5) is 0 Å². The molecular formula is C11H24N2O. The Morgan fingerprint density at radius 1 is 1.29 bits per heavy atom. The number of hydrogen-bond acceptors (Lipinski definition) is 2. The first-order valence-corrected chi connectivity index (χ1v) is 5.67. The summed E-state index contributed by atoms with van der Waals surface area (Å²) in [6.07, 6.45) is 3.19. The fraction of sp³-hybridized carbons (Fsp3) is 0.909. The van der Waals surface area contributed by atoms with Crippen molar-refractivity contribution in [3.05, 3.63) is 0 Å². The molecule has 0 heterocycles. The Morgan fingerprint density at radius 3 is 2.21 bits per heavy atom. The summed E-state index contributed by atoms with van der Waals surface area (Å²) in [5.74, 6) is 0.743. The van der Waals surface area contributed by atoms with Crippen LogP contribution in [0.25, 0.3) is 0 Å². The zero-order chi connectivity index (χ0) is 11.0. The molecule has 0 spiro atoms. The van der Waals surface area contributed by atoms with E-state index in [2.05, 4.69) is 19.2 Å². The van der Waals surface area contributed by atoms with Gasteiger partial charge in [-0.2, -0.15) is 0 Å². The van der Waals surface area contributed by atoms with Gasteiger partial charge in [-0.3, -0.25) is 4.79 Å². The van der Waals surface area contributed by atoms with Crippen LogP contribution in [-0.2, 0) is 4.79 Å².